The van der Waals surface area contributed by atoms with Crippen LogP contribution in [-0.2, 0) is 9.53 Å². The summed E-state index contributed by atoms with van der Waals surface area (Å²) in [5, 5.41) is 45.1. The van der Waals surface area contributed by atoms with E-state index in [-0.39, 0.29) is 5.57 Å². The van der Waals surface area contributed by atoms with Crippen molar-refractivity contribution in [1.29, 1.82) is 0 Å². The van der Waals surface area contributed by atoms with Gasteiger partial charge in [-0.05, 0) is 6.92 Å². The van der Waals surface area contributed by atoms with Gasteiger partial charge in [0.25, 0.3) is 0 Å². The number of hydrogen-bond donors (Lipinski definition) is 5. The van der Waals surface area contributed by atoms with Gasteiger partial charge in [-0.2, -0.15) is 0 Å². The molecule has 7 nitrogen and oxygen atoms in total. The lowest BCUT2D eigenvalue weighted by molar-refractivity contribution is -0.268. The summed E-state index contributed by atoms with van der Waals surface area (Å²) in [6.45, 7) is 2.81. The zero-order valence-corrected chi connectivity index (χ0v) is 8.83. The molecule has 0 bridgehead atoms. The van der Waals surface area contributed by atoms with Crippen molar-refractivity contribution in [2.24, 2.45) is 0 Å². The average molecular weight is 236 g/mol. The van der Waals surface area contributed by atoms with Gasteiger partial charge in [-0.3, -0.25) is 0 Å². The van der Waals surface area contributed by atoms with Crippen LogP contribution in [0.3, 0.4) is 0 Å². The highest BCUT2D eigenvalue weighted by Gasteiger charge is 2.39. The number of hydrogen-bond acceptors (Lipinski definition) is 7. The number of rotatable bonds is 6. The summed E-state index contributed by atoms with van der Waals surface area (Å²) >= 11 is 0. The minimum atomic E-state index is -2.84. The zero-order valence-electron chi connectivity index (χ0n) is 8.83. The van der Waals surface area contributed by atoms with Crippen molar-refractivity contribution in [3.63, 3.8) is 0 Å². The van der Waals surface area contributed by atoms with Gasteiger partial charge < -0.3 is 30.3 Å². The number of aliphatic hydroxyl groups excluding tert-OH is 3. The molecule has 0 aromatic carbocycles. The van der Waals surface area contributed by atoms with Crippen LogP contribution in [0.1, 0.15) is 6.92 Å². The SMILES string of the molecule is C=C(C)C(=O)OCC(O)(O)C(O)C(O)CO. The third kappa shape index (κ3) is 4.25. The van der Waals surface area contributed by atoms with Crippen LogP contribution >= 0.6 is 0 Å². The molecule has 0 aliphatic carbocycles. The Bertz CT molecular complexity index is 261. The summed E-state index contributed by atoms with van der Waals surface area (Å²) in [6.07, 6.45) is -3.81. The number of aliphatic hydroxyl groups is 5. The zero-order chi connectivity index (χ0) is 12.9. The number of carbonyl (C=O) groups is 1. The minimum absolute atomic E-state index is 0.0491. The van der Waals surface area contributed by atoms with Crippen LogP contribution in [0.5, 0.6) is 0 Å². The summed E-state index contributed by atoms with van der Waals surface area (Å²) in [7, 11) is 0. The van der Waals surface area contributed by atoms with Crippen LogP contribution < -0.4 is 0 Å². The first-order valence-corrected chi connectivity index (χ1v) is 4.46. The van der Waals surface area contributed by atoms with Crippen LogP contribution in [-0.4, -0.2) is 62.7 Å². The summed E-state index contributed by atoms with van der Waals surface area (Å²) in [5.74, 6) is -3.70. The van der Waals surface area contributed by atoms with E-state index < -0.39 is 37.2 Å². The Hall–Kier alpha value is -0.990. The first kappa shape index (κ1) is 15.0. The highest BCUT2D eigenvalue weighted by molar-refractivity contribution is 5.86. The topological polar surface area (TPSA) is 127 Å². The Kier molecular flexibility index (Phi) is 5.56. The molecule has 0 heterocycles. The molecular weight excluding hydrogens is 220 g/mol. The van der Waals surface area contributed by atoms with Crippen molar-refractivity contribution < 1.29 is 35.1 Å². The van der Waals surface area contributed by atoms with E-state index in [4.69, 9.17) is 10.2 Å². The average Bonchev–Trinajstić information content (AvgIpc) is 2.23. The first-order chi connectivity index (χ1) is 7.22. The maximum absolute atomic E-state index is 10.9. The minimum Gasteiger partial charge on any atom is -0.457 e. The molecule has 0 saturated carbocycles. The summed E-state index contributed by atoms with van der Waals surface area (Å²) < 4.78 is 4.39. The van der Waals surface area contributed by atoms with Crippen molar-refractivity contribution >= 4 is 5.97 Å². The van der Waals surface area contributed by atoms with Crippen molar-refractivity contribution in [2.45, 2.75) is 24.9 Å². The van der Waals surface area contributed by atoms with E-state index in [9.17, 15) is 20.1 Å². The Labute approximate surface area is 92.2 Å². The van der Waals surface area contributed by atoms with E-state index in [1.54, 1.807) is 0 Å². The van der Waals surface area contributed by atoms with E-state index >= 15 is 0 Å². The molecule has 5 N–H and O–H groups in total. The lowest BCUT2D eigenvalue weighted by atomic mass is 10.1. The molecule has 0 amide bonds. The van der Waals surface area contributed by atoms with Gasteiger partial charge in [0.15, 0.2) is 0 Å². The van der Waals surface area contributed by atoms with Crippen molar-refractivity contribution in [1.82, 2.24) is 0 Å². The van der Waals surface area contributed by atoms with E-state index in [0.29, 0.717) is 0 Å². The van der Waals surface area contributed by atoms with Crippen LogP contribution in [0.15, 0.2) is 12.2 Å². The van der Waals surface area contributed by atoms with Crippen LogP contribution in [0.25, 0.3) is 0 Å². The molecule has 2 atom stereocenters. The fraction of sp³-hybridized carbons (Fsp3) is 0.667. The molecule has 0 aliphatic rings. The van der Waals surface area contributed by atoms with Gasteiger partial charge in [0.1, 0.15) is 18.8 Å². The van der Waals surface area contributed by atoms with Gasteiger partial charge in [-0.15, -0.1) is 0 Å². The third-order valence-electron chi connectivity index (χ3n) is 1.79. The van der Waals surface area contributed by atoms with Crippen LogP contribution in [0.4, 0.5) is 0 Å². The predicted octanol–water partition coefficient (Wildman–Crippen LogP) is -2.50. The van der Waals surface area contributed by atoms with Crippen molar-refractivity contribution in [2.75, 3.05) is 13.2 Å². The van der Waals surface area contributed by atoms with Crippen molar-refractivity contribution in [3.05, 3.63) is 12.2 Å². The van der Waals surface area contributed by atoms with Gasteiger partial charge in [0.2, 0.25) is 5.79 Å². The monoisotopic (exact) mass is 236 g/mol. The number of carbonyl (C=O) groups excluding carboxylic acids is 1. The molecule has 0 fully saturated rings. The Balaban J connectivity index is 4.34. The van der Waals surface area contributed by atoms with E-state index in [1.165, 1.54) is 6.92 Å². The molecule has 0 aromatic heterocycles. The maximum Gasteiger partial charge on any atom is 0.333 e. The molecule has 94 valence electrons. The van der Waals surface area contributed by atoms with Crippen LogP contribution in [0, 0.1) is 0 Å². The van der Waals surface area contributed by atoms with Gasteiger partial charge in [0, 0.05) is 5.57 Å². The molecule has 0 saturated heterocycles. The fourth-order valence-corrected chi connectivity index (χ4v) is 0.788. The largest absolute Gasteiger partial charge is 0.457 e. The number of esters is 1. The third-order valence-corrected chi connectivity index (χ3v) is 1.79. The molecule has 7 heteroatoms. The quantitative estimate of drug-likeness (QED) is 0.196. The first-order valence-electron chi connectivity index (χ1n) is 4.46. The van der Waals surface area contributed by atoms with Gasteiger partial charge in [-0.25, -0.2) is 4.79 Å². The lowest BCUT2D eigenvalue weighted by Crippen LogP contribution is -2.53. The smallest absolute Gasteiger partial charge is 0.333 e. The highest BCUT2D eigenvalue weighted by Crippen LogP contribution is 2.12. The van der Waals surface area contributed by atoms with Gasteiger partial charge in [0.05, 0.1) is 6.61 Å². The Morgan fingerprint density at radius 2 is 1.94 bits per heavy atom. The summed E-state index contributed by atoms with van der Waals surface area (Å²) in [5.41, 5.74) is 0.0491. The lowest BCUT2D eigenvalue weighted by Gasteiger charge is -2.29. The normalized spacial score (nSPS) is 15.4. The molecule has 0 spiro atoms. The predicted molar refractivity (Wildman–Crippen MR) is 52.0 cm³/mol. The molecule has 0 aromatic rings. The molecule has 16 heavy (non-hydrogen) atoms. The van der Waals surface area contributed by atoms with Crippen molar-refractivity contribution in [3.8, 4) is 0 Å². The molecule has 0 aliphatic heterocycles. The Morgan fingerprint density at radius 1 is 1.44 bits per heavy atom. The molecule has 2 unspecified atom stereocenters. The summed E-state index contributed by atoms with van der Waals surface area (Å²) in [6, 6.07) is 0. The highest BCUT2D eigenvalue weighted by atomic mass is 16.6. The second-order valence-electron chi connectivity index (χ2n) is 3.43. The second-order valence-corrected chi connectivity index (χ2v) is 3.43. The van der Waals surface area contributed by atoms with E-state index in [1.807, 2.05) is 0 Å². The van der Waals surface area contributed by atoms with E-state index in [2.05, 4.69) is 11.3 Å². The van der Waals surface area contributed by atoms with Gasteiger partial charge >= 0.3 is 5.97 Å². The maximum atomic E-state index is 10.9. The van der Waals surface area contributed by atoms with Crippen LogP contribution in [0.2, 0.25) is 0 Å². The molecular formula is C9H16O7. The van der Waals surface area contributed by atoms with Gasteiger partial charge in [-0.1, -0.05) is 6.58 Å². The fourth-order valence-electron chi connectivity index (χ4n) is 0.788. The number of ether oxygens (including phenoxy) is 1. The van der Waals surface area contributed by atoms with E-state index in [0.717, 1.165) is 0 Å². The summed E-state index contributed by atoms with van der Waals surface area (Å²) in [4.78, 5) is 10.9. The molecule has 0 rings (SSSR count). The Morgan fingerprint density at radius 3 is 2.31 bits per heavy atom. The standard InChI is InChI=1S/C9H16O7/c1-5(2)8(13)16-4-9(14,15)7(12)6(11)3-10/h6-7,10-12,14-15H,1,3-4H2,2H3. The molecule has 0 radical (unpaired) electrons. The second kappa shape index (κ2) is 5.92.